The molecule has 0 aliphatic carbocycles. The zero-order valence-corrected chi connectivity index (χ0v) is 11.1. The molecule has 0 saturated carbocycles. The van der Waals surface area contributed by atoms with E-state index in [0.717, 1.165) is 9.10 Å². The number of rotatable bonds is 3. The number of sulfonamides is 1. The molecule has 17 heavy (non-hydrogen) atoms. The van der Waals surface area contributed by atoms with E-state index >= 15 is 0 Å². The molecule has 0 aliphatic heterocycles. The van der Waals surface area contributed by atoms with Crippen molar-refractivity contribution in [3.63, 3.8) is 0 Å². The van der Waals surface area contributed by atoms with Gasteiger partial charge in [0.05, 0.1) is 9.10 Å². The molecule has 0 unspecified atom stereocenters. The Morgan fingerprint density at radius 3 is 2.53 bits per heavy atom. The van der Waals surface area contributed by atoms with E-state index in [0.29, 0.717) is 5.69 Å². The summed E-state index contributed by atoms with van der Waals surface area (Å²) in [7, 11) is -3.69. The van der Waals surface area contributed by atoms with Gasteiger partial charge in [0.15, 0.2) is 0 Å². The van der Waals surface area contributed by atoms with E-state index in [-0.39, 0.29) is 4.90 Å². The molecule has 0 radical (unpaired) electrons. The summed E-state index contributed by atoms with van der Waals surface area (Å²) < 4.78 is 23.4. The highest BCUT2D eigenvalue weighted by Crippen LogP contribution is 2.35. The second-order valence-electron chi connectivity index (χ2n) is 3.28. The highest BCUT2D eigenvalue weighted by Gasteiger charge is 2.10. The average Bonchev–Trinajstić information content (AvgIpc) is 2.72. The summed E-state index contributed by atoms with van der Waals surface area (Å²) in [6.07, 6.45) is 0. The Morgan fingerprint density at radius 2 is 2.00 bits per heavy atom. The molecular weight excluding hydrogens is 276 g/mol. The molecule has 90 valence electrons. The summed E-state index contributed by atoms with van der Waals surface area (Å²) in [5, 5.41) is 6.99. The number of nitrogens with two attached hydrogens (primary N) is 2. The lowest BCUT2D eigenvalue weighted by atomic mass is 10.3. The summed E-state index contributed by atoms with van der Waals surface area (Å²) in [6, 6.07) is 8.43. The third-order valence-corrected chi connectivity index (χ3v) is 5.06. The second-order valence-corrected chi connectivity index (χ2v) is 7.13. The minimum Gasteiger partial charge on any atom is -0.398 e. The SMILES string of the molecule is Nc1cc(S(N)(=O)=O)ccc1Sc1cccs1. The Balaban J connectivity index is 2.33. The molecule has 1 heterocycles. The minimum atomic E-state index is -3.69. The van der Waals surface area contributed by atoms with Crippen LogP contribution in [-0.2, 0) is 10.0 Å². The van der Waals surface area contributed by atoms with Gasteiger partial charge in [0.2, 0.25) is 10.0 Å². The molecule has 0 bridgehead atoms. The van der Waals surface area contributed by atoms with Crippen molar-refractivity contribution < 1.29 is 8.42 Å². The molecular formula is C10H10N2O2S3. The zero-order valence-electron chi connectivity index (χ0n) is 8.66. The maximum absolute atomic E-state index is 11.1. The van der Waals surface area contributed by atoms with Crippen LogP contribution in [0.2, 0.25) is 0 Å². The van der Waals surface area contributed by atoms with Gasteiger partial charge in [-0.1, -0.05) is 17.8 Å². The van der Waals surface area contributed by atoms with Crippen LogP contribution in [0.1, 0.15) is 0 Å². The molecule has 0 spiro atoms. The smallest absolute Gasteiger partial charge is 0.238 e. The molecule has 0 saturated heterocycles. The summed E-state index contributed by atoms with van der Waals surface area (Å²) in [4.78, 5) is 0.852. The van der Waals surface area contributed by atoms with E-state index in [9.17, 15) is 8.42 Å². The molecule has 0 amide bonds. The fourth-order valence-corrected chi connectivity index (χ4v) is 3.53. The summed E-state index contributed by atoms with van der Waals surface area (Å²) in [5.41, 5.74) is 6.21. The standard InChI is InChI=1S/C10H10N2O2S3/c11-8-6-7(17(12,13)14)3-4-9(8)16-10-2-1-5-15-10/h1-6H,11H2,(H2,12,13,14). The monoisotopic (exact) mass is 286 g/mol. The first kappa shape index (κ1) is 12.4. The minimum absolute atomic E-state index is 0.0329. The van der Waals surface area contributed by atoms with Crippen LogP contribution in [-0.4, -0.2) is 8.42 Å². The molecule has 2 aromatic rings. The Hall–Kier alpha value is -1.02. The van der Waals surface area contributed by atoms with Crippen molar-refractivity contribution in [3.05, 3.63) is 35.7 Å². The Bertz CT molecular complexity index is 621. The highest BCUT2D eigenvalue weighted by atomic mass is 32.2. The van der Waals surface area contributed by atoms with Crippen LogP contribution in [0.5, 0.6) is 0 Å². The van der Waals surface area contributed by atoms with E-state index in [2.05, 4.69) is 0 Å². The van der Waals surface area contributed by atoms with Gasteiger partial charge >= 0.3 is 0 Å². The van der Waals surface area contributed by atoms with Crippen molar-refractivity contribution >= 4 is 38.8 Å². The first-order valence-electron chi connectivity index (χ1n) is 4.60. The van der Waals surface area contributed by atoms with Crippen molar-refractivity contribution in [2.45, 2.75) is 14.0 Å². The first-order chi connectivity index (χ1) is 7.97. The van der Waals surface area contributed by atoms with Crippen LogP contribution < -0.4 is 10.9 Å². The highest BCUT2D eigenvalue weighted by molar-refractivity contribution is 8.01. The van der Waals surface area contributed by atoms with E-state index in [1.165, 1.54) is 23.9 Å². The maximum atomic E-state index is 11.1. The van der Waals surface area contributed by atoms with Gasteiger partial charge < -0.3 is 5.73 Å². The van der Waals surface area contributed by atoms with Crippen molar-refractivity contribution in [3.8, 4) is 0 Å². The van der Waals surface area contributed by atoms with Gasteiger partial charge in [-0.3, -0.25) is 0 Å². The fraction of sp³-hybridized carbons (Fsp3) is 0. The quantitative estimate of drug-likeness (QED) is 0.846. The molecule has 0 aliphatic rings. The summed E-state index contributed by atoms with van der Waals surface area (Å²) >= 11 is 3.10. The molecule has 4 N–H and O–H groups in total. The van der Waals surface area contributed by atoms with Gasteiger partial charge in [0.1, 0.15) is 0 Å². The summed E-state index contributed by atoms with van der Waals surface area (Å²) in [6.45, 7) is 0. The average molecular weight is 286 g/mol. The van der Waals surface area contributed by atoms with Crippen LogP contribution in [0.25, 0.3) is 0 Å². The number of benzene rings is 1. The molecule has 0 fully saturated rings. The molecule has 0 atom stereocenters. The zero-order chi connectivity index (χ0) is 12.5. The predicted molar refractivity (Wildman–Crippen MR) is 70.7 cm³/mol. The van der Waals surface area contributed by atoms with E-state index < -0.39 is 10.0 Å². The van der Waals surface area contributed by atoms with Gasteiger partial charge in [0, 0.05) is 10.6 Å². The largest absolute Gasteiger partial charge is 0.398 e. The normalized spacial score (nSPS) is 11.6. The topological polar surface area (TPSA) is 86.2 Å². The van der Waals surface area contributed by atoms with Crippen molar-refractivity contribution in [2.24, 2.45) is 5.14 Å². The molecule has 2 rings (SSSR count). The van der Waals surface area contributed by atoms with E-state index in [1.54, 1.807) is 17.4 Å². The lowest BCUT2D eigenvalue weighted by Gasteiger charge is -2.05. The first-order valence-corrected chi connectivity index (χ1v) is 7.85. The number of anilines is 1. The Morgan fingerprint density at radius 1 is 1.24 bits per heavy atom. The van der Waals surface area contributed by atoms with E-state index in [4.69, 9.17) is 10.9 Å². The predicted octanol–water partition coefficient (Wildman–Crippen LogP) is 2.13. The lowest BCUT2D eigenvalue weighted by Crippen LogP contribution is -2.12. The molecule has 1 aromatic carbocycles. The van der Waals surface area contributed by atoms with Crippen molar-refractivity contribution in [1.29, 1.82) is 0 Å². The van der Waals surface area contributed by atoms with Gasteiger partial charge in [0.25, 0.3) is 0 Å². The van der Waals surface area contributed by atoms with Crippen LogP contribution in [0, 0.1) is 0 Å². The molecule has 1 aromatic heterocycles. The third-order valence-electron chi connectivity index (χ3n) is 2.02. The Labute approximate surface area is 108 Å². The number of hydrogen-bond donors (Lipinski definition) is 2. The Kier molecular flexibility index (Phi) is 3.43. The number of nitrogen functional groups attached to an aromatic ring is 1. The number of primary sulfonamides is 1. The van der Waals surface area contributed by atoms with Gasteiger partial charge in [-0.15, -0.1) is 11.3 Å². The fourth-order valence-electron chi connectivity index (χ4n) is 1.23. The van der Waals surface area contributed by atoms with Crippen LogP contribution >= 0.6 is 23.1 Å². The number of thiophene rings is 1. The lowest BCUT2D eigenvalue weighted by molar-refractivity contribution is 0.598. The summed E-state index contributed by atoms with van der Waals surface area (Å²) in [5.74, 6) is 0. The molecule has 4 nitrogen and oxygen atoms in total. The van der Waals surface area contributed by atoms with Crippen molar-refractivity contribution in [2.75, 3.05) is 5.73 Å². The van der Waals surface area contributed by atoms with Gasteiger partial charge in [-0.25, -0.2) is 13.6 Å². The van der Waals surface area contributed by atoms with Crippen LogP contribution in [0.3, 0.4) is 0 Å². The van der Waals surface area contributed by atoms with Crippen molar-refractivity contribution in [1.82, 2.24) is 0 Å². The second kappa shape index (κ2) is 4.69. The van der Waals surface area contributed by atoms with Crippen LogP contribution in [0.15, 0.2) is 49.7 Å². The number of hydrogen-bond acceptors (Lipinski definition) is 5. The van der Waals surface area contributed by atoms with Gasteiger partial charge in [-0.05, 0) is 29.6 Å². The van der Waals surface area contributed by atoms with Crippen LogP contribution in [0.4, 0.5) is 5.69 Å². The van der Waals surface area contributed by atoms with E-state index in [1.807, 2.05) is 17.5 Å². The van der Waals surface area contributed by atoms with Gasteiger partial charge in [-0.2, -0.15) is 0 Å². The molecule has 7 heteroatoms. The maximum Gasteiger partial charge on any atom is 0.238 e. The third kappa shape index (κ3) is 3.01.